The predicted molar refractivity (Wildman–Crippen MR) is 129 cm³/mol. The predicted octanol–water partition coefficient (Wildman–Crippen LogP) is 3.07. The molecular weight excluding hydrogens is 517 g/mol. The van der Waals surface area contributed by atoms with Gasteiger partial charge in [0, 0.05) is 45.3 Å². The number of nitrogens with zero attached hydrogens (tertiary/aromatic N) is 4. The molecule has 0 spiro atoms. The number of aliphatic imine (C=N–C) groups is 1. The molecular formula is C20H36IN5O3S. The van der Waals surface area contributed by atoms with Crippen molar-refractivity contribution in [2.45, 2.75) is 57.6 Å². The third kappa shape index (κ3) is 7.67. The van der Waals surface area contributed by atoms with Gasteiger partial charge < -0.3 is 14.7 Å². The number of guanidine groups is 1. The first kappa shape index (κ1) is 25.4. The first-order valence-electron chi connectivity index (χ1n) is 11.0. The number of aromatic nitrogens is 1. The Morgan fingerprint density at radius 1 is 1.23 bits per heavy atom. The molecule has 2 fully saturated rings. The Hall–Kier alpha value is -0.880. The number of hydrogen-bond acceptors (Lipinski definition) is 5. The molecule has 2 heterocycles. The first-order valence-corrected chi connectivity index (χ1v) is 12.6. The molecule has 1 N–H and O–H groups in total. The highest BCUT2D eigenvalue weighted by Crippen LogP contribution is 2.28. The quantitative estimate of drug-likeness (QED) is 0.219. The van der Waals surface area contributed by atoms with Gasteiger partial charge in [0.15, 0.2) is 5.96 Å². The van der Waals surface area contributed by atoms with Gasteiger partial charge in [-0.2, -0.15) is 4.31 Å². The summed E-state index contributed by atoms with van der Waals surface area (Å²) in [6, 6.07) is 1.59. The summed E-state index contributed by atoms with van der Waals surface area (Å²) in [6.45, 7) is 5.93. The topological polar surface area (TPSA) is 91.0 Å². The highest BCUT2D eigenvalue weighted by Gasteiger charge is 2.29. The molecule has 0 amide bonds. The summed E-state index contributed by atoms with van der Waals surface area (Å²) in [7, 11) is -3.38. The van der Waals surface area contributed by atoms with E-state index in [1.807, 2.05) is 0 Å². The van der Waals surface area contributed by atoms with Gasteiger partial charge in [-0.25, -0.2) is 8.42 Å². The monoisotopic (exact) mass is 553 g/mol. The number of hydrogen-bond donors (Lipinski definition) is 1. The van der Waals surface area contributed by atoms with E-state index in [0.717, 1.165) is 31.4 Å². The van der Waals surface area contributed by atoms with Crippen molar-refractivity contribution in [1.29, 1.82) is 0 Å². The van der Waals surface area contributed by atoms with Crippen LogP contribution in [0.15, 0.2) is 21.8 Å². The van der Waals surface area contributed by atoms with Gasteiger partial charge in [-0.15, -0.1) is 24.0 Å². The van der Waals surface area contributed by atoms with E-state index in [2.05, 4.69) is 22.3 Å². The van der Waals surface area contributed by atoms with Crippen LogP contribution in [0.4, 0.5) is 0 Å². The standard InChI is InChI=1S/C20H35N5O3S.HI/c1-2-21-20(22-11-6-5-9-18-7-3-4-8-18)24-12-14-25(15-13-24)29(26,27)17-19-10-16-28-23-19;/h10,16,18H,2-9,11-15,17H2,1H3,(H,21,22);1H. The van der Waals surface area contributed by atoms with E-state index in [1.165, 1.54) is 44.8 Å². The molecule has 1 aliphatic heterocycles. The Balaban J connectivity index is 0.00000320. The number of rotatable bonds is 9. The van der Waals surface area contributed by atoms with Crippen LogP contribution in [-0.4, -0.2) is 68.0 Å². The molecule has 172 valence electrons. The number of nitrogens with one attached hydrogen (secondary N) is 1. The minimum absolute atomic E-state index is 0. The zero-order chi connectivity index (χ0) is 20.5. The van der Waals surface area contributed by atoms with Crippen LogP contribution in [0.3, 0.4) is 0 Å². The molecule has 8 nitrogen and oxygen atoms in total. The number of unbranched alkanes of at least 4 members (excludes halogenated alkanes) is 1. The lowest BCUT2D eigenvalue weighted by Gasteiger charge is -2.35. The Morgan fingerprint density at radius 3 is 2.60 bits per heavy atom. The number of sulfonamides is 1. The van der Waals surface area contributed by atoms with Crippen LogP contribution in [0, 0.1) is 5.92 Å². The molecule has 0 aromatic carbocycles. The van der Waals surface area contributed by atoms with Crippen LogP contribution in [0.1, 0.15) is 57.6 Å². The average molecular weight is 554 g/mol. The van der Waals surface area contributed by atoms with E-state index in [9.17, 15) is 8.42 Å². The summed E-state index contributed by atoms with van der Waals surface area (Å²) in [5.41, 5.74) is 0.444. The summed E-state index contributed by atoms with van der Waals surface area (Å²) in [6.07, 6.45) is 10.8. The molecule has 1 aromatic rings. The van der Waals surface area contributed by atoms with Gasteiger partial charge in [0.05, 0.1) is 5.69 Å². The van der Waals surface area contributed by atoms with Crippen molar-refractivity contribution in [3.8, 4) is 0 Å². The normalized spacial score (nSPS) is 19.1. The van der Waals surface area contributed by atoms with E-state index in [1.54, 1.807) is 10.4 Å². The molecule has 0 atom stereocenters. The Bertz CT molecular complexity index is 728. The van der Waals surface area contributed by atoms with E-state index in [-0.39, 0.29) is 29.7 Å². The van der Waals surface area contributed by atoms with Gasteiger partial charge in [0.2, 0.25) is 10.0 Å². The van der Waals surface area contributed by atoms with Crippen LogP contribution in [-0.2, 0) is 15.8 Å². The van der Waals surface area contributed by atoms with Gasteiger partial charge in [-0.3, -0.25) is 4.99 Å². The van der Waals surface area contributed by atoms with Crippen molar-refractivity contribution < 1.29 is 12.9 Å². The molecule has 0 unspecified atom stereocenters. The lowest BCUT2D eigenvalue weighted by atomic mass is 10.0. The fraction of sp³-hybridized carbons (Fsp3) is 0.800. The van der Waals surface area contributed by atoms with Crippen LogP contribution in [0.25, 0.3) is 0 Å². The molecule has 1 aliphatic carbocycles. The summed E-state index contributed by atoms with van der Waals surface area (Å²) < 4.78 is 31.5. The van der Waals surface area contributed by atoms with Crippen molar-refractivity contribution in [3.05, 3.63) is 18.0 Å². The Labute approximate surface area is 197 Å². The maximum atomic E-state index is 12.6. The molecule has 30 heavy (non-hydrogen) atoms. The maximum Gasteiger partial charge on any atom is 0.220 e. The fourth-order valence-corrected chi connectivity index (χ4v) is 5.65. The highest BCUT2D eigenvalue weighted by atomic mass is 127. The lowest BCUT2D eigenvalue weighted by molar-refractivity contribution is 0.259. The Morgan fingerprint density at radius 2 is 1.97 bits per heavy atom. The van der Waals surface area contributed by atoms with Crippen molar-refractivity contribution in [1.82, 2.24) is 19.7 Å². The van der Waals surface area contributed by atoms with E-state index >= 15 is 0 Å². The number of piperazine rings is 1. The van der Waals surface area contributed by atoms with Gasteiger partial charge >= 0.3 is 0 Å². The van der Waals surface area contributed by atoms with E-state index < -0.39 is 10.0 Å². The molecule has 1 aromatic heterocycles. The van der Waals surface area contributed by atoms with E-state index in [4.69, 9.17) is 9.52 Å². The SMILES string of the molecule is CCNC(=NCCCCC1CCCC1)N1CCN(S(=O)(=O)Cc2ccon2)CC1.I. The summed E-state index contributed by atoms with van der Waals surface area (Å²) >= 11 is 0. The minimum Gasteiger partial charge on any atom is -0.364 e. The summed E-state index contributed by atoms with van der Waals surface area (Å²) in [4.78, 5) is 6.96. The van der Waals surface area contributed by atoms with Crippen molar-refractivity contribution in [2.24, 2.45) is 10.9 Å². The maximum absolute atomic E-state index is 12.6. The zero-order valence-corrected chi connectivity index (χ0v) is 21.1. The highest BCUT2D eigenvalue weighted by molar-refractivity contribution is 14.0. The average Bonchev–Trinajstić information content (AvgIpc) is 3.41. The van der Waals surface area contributed by atoms with Crippen molar-refractivity contribution in [2.75, 3.05) is 39.3 Å². The second kappa shape index (κ2) is 12.8. The van der Waals surface area contributed by atoms with Gasteiger partial charge in [0.25, 0.3) is 0 Å². The molecule has 1 saturated carbocycles. The summed E-state index contributed by atoms with van der Waals surface area (Å²) in [5, 5.41) is 7.08. The largest absolute Gasteiger partial charge is 0.364 e. The first-order chi connectivity index (χ1) is 14.1. The molecule has 3 rings (SSSR count). The third-order valence-electron chi connectivity index (χ3n) is 5.84. The fourth-order valence-electron chi connectivity index (χ4n) is 4.22. The molecule has 0 radical (unpaired) electrons. The van der Waals surface area contributed by atoms with Gasteiger partial charge in [-0.1, -0.05) is 43.7 Å². The zero-order valence-electron chi connectivity index (χ0n) is 18.0. The van der Waals surface area contributed by atoms with E-state index in [0.29, 0.717) is 31.9 Å². The molecule has 1 saturated heterocycles. The molecule has 2 aliphatic rings. The van der Waals surface area contributed by atoms with Crippen molar-refractivity contribution >= 4 is 40.0 Å². The second-order valence-electron chi connectivity index (χ2n) is 8.02. The van der Waals surface area contributed by atoms with Crippen molar-refractivity contribution in [3.63, 3.8) is 0 Å². The van der Waals surface area contributed by atoms with Crippen LogP contribution in [0.2, 0.25) is 0 Å². The van der Waals surface area contributed by atoms with Gasteiger partial charge in [-0.05, 0) is 19.3 Å². The lowest BCUT2D eigenvalue weighted by Crippen LogP contribution is -2.53. The van der Waals surface area contributed by atoms with Crippen LogP contribution in [0.5, 0.6) is 0 Å². The Kier molecular flexibility index (Phi) is 10.9. The minimum atomic E-state index is -3.38. The smallest absolute Gasteiger partial charge is 0.220 e. The second-order valence-corrected chi connectivity index (χ2v) is 9.98. The van der Waals surface area contributed by atoms with Gasteiger partial charge in [0.1, 0.15) is 12.0 Å². The third-order valence-corrected chi connectivity index (χ3v) is 7.66. The molecule has 10 heteroatoms. The summed E-state index contributed by atoms with van der Waals surface area (Å²) in [5.74, 6) is 1.74. The number of halogens is 1. The van der Waals surface area contributed by atoms with Crippen LogP contribution >= 0.6 is 24.0 Å². The molecule has 0 bridgehead atoms. The van der Waals surface area contributed by atoms with Crippen LogP contribution < -0.4 is 5.32 Å².